The zero-order chi connectivity index (χ0) is 13.3. The Balaban J connectivity index is 3.80. The van der Waals surface area contributed by atoms with Crippen molar-refractivity contribution in [3.05, 3.63) is 0 Å². The molecule has 1 unspecified atom stereocenters. The van der Waals surface area contributed by atoms with Crippen molar-refractivity contribution in [3.8, 4) is 0 Å². The molecule has 1 atom stereocenters. The summed E-state index contributed by atoms with van der Waals surface area (Å²) < 4.78 is 13.9. The fourth-order valence-electron chi connectivity index (χ4n) is 0.953. The molecule has 0 aliphatic heterocycles. The Bertz CT molecular complexity index is 274. The minimum absolute atomic E-state index is 0.236. The lowest BCUT2D eigenvalue weighted by atomic mass is 10.3. The number of Topliss-reactive ketones (excluding diaryl/α,β-unsaturated/α-hetero) is 1. The molecule has 0 saturated heterocycles. The van der Waals surface area contributed by atoms with Gasteiger partial charge in [-0.05, 0) is 6.92 Å². The van der Waals surface area contributed by atoms with Crippen LogP contribution >= 0.6 is 0 Å². The van der Waals surface area contributed by atoms with Crippen molar-refractivity contribution >= 4 is 17.7 Å². The predicted molar refractivity (Wildman–Crippen MR) is 55.1 cm³/mol. The molecule has 7 heteroatoms. The summed E-state index contributed by atoms with van der Waals surface area (Å²) in [5.74, 6) is -2.22. The predicted octanol–water partition coefficient (Wildman–Crippen LogP) is -0.941. The summed E-state index contributed by atoms with van der Waals surface area (Å²) in [5.41, 5.74) is 0. The van der Waals surface area contributed by atoms with Crippen molar-refractivity contribution in [2.75, 3.05) is 26.9 Å². The van der Waals surface area contributed by atoms with Crippen molar-refractivity contribution in [2.45, 2.75) is 19.4 Å². The Morgan fingerprint density at radius 1 is 1.24 bits per heavy atom. The third-order valence-corrected chi connectivity index (χ3v) is 1.60. The number of aliphatic hydroxyl groups is 1. The summed E-state index contributed by atoms with van der Waals surface area (Å²) in [7, 11) is 1.46. The normalized spacial score (nSPS) is 11.7. The number of methoxy groups -OCH3 is 1. The van der Waals surface area contributed by atoms with Gasteiger partial charge in [-0.2, -0.15) is 0 Å². The molecular weight excluding hydrogens is 232 g/mol. The Labute approximate surface area is 98.6 Å². The molecule has 1 N–H and O–H groups in total. The van der Waals surface area contributed by atoms with Crippen molar-refractivity contribution < 1.29 is 33.7 Å². The maximum Gasteiger partial charge on any atom is 0.332 e. The zero-order valence-electron chi connectivity index (χ0n) is 9.80. The molecule has 0 bridgehead atoms. The van der Waals surface area contributed by atoms with Crippen LogP contribution in [0.3, 0.4) is 0 Å². The molecule has 17 heavy (non-hydrogen) atoms. The number of carbonyl (C=O) groups excluding carboxylic acids is 3. The van der Waals surface area contributed by atoms with Gasteiger partial charge in [0.1, 0.15) is 19.1 Å². The molecule has 0 aromatic rings. The highest BCUT2D eigenvalue weighted by Gasteiger charge is 2.15. The molecule has 0 aromatic heterocycles. The van der Waals surface area contributed by atoms with Gasteiger partial charge in [-0.3, -0.25) is 9.59 Å². The van der Waals surface area contributed by atoms with Gasteiger partial charge in [-0.1, -0.05) is 0 Å². The molecule has 0 aromatic carbocycles. The number of rotatable bonds is 8. The minimum atomic E-state index is -0.917. The third kappa shape index (κ3) is 8.35. The van der Waals surface area contributed by atoms with E-state index in [0.29, 0.717) is 0 Å². The van der Waals surface area contributed by atoms with Crippen LogP contribution in [0.15, 0.2) is 0 Å². The van der Waals surface area contributed by atoms with Crippen LogP contribution in [0.2, 0.25) is 0 Å². The highest BCUT2D eigenvalue weighted by Crippen LogP contribution is 1.97. The first-order valence-electron chi connectivity index (χ1n) is 4.96. The van der Waals surface area contributed by atoms with E-state index < -0.39 is 43.5 Å². The first kappa shape index (κ1) is 15.5. The molecule has 0 fully saturated rings. The molecule has 98 valence electrons. The van der Waals surface area contributed by atoms with Gasteiger partial charge in [0.25, 0.3) is 0 Å². The number of hydrogen-bond acceptors (Lipinski definition) is 7. The fraction of sp³-hybridized carbons (Fsp3) is 0.700. The summed E-state index contributed by atoms with van der Waals surface area (Å²) >= 11 is 0. The maximum absolute atomic E-state index is 11.2. The minimum Gasteiger partial charge on any atom is -0.460 e. The van der Waals surface area contributed by atoms with E-state index in [1.54, 1.807) is 6.92 Å². The smallest absolute Gasteiger partial charge is 0.332 e. The van der Waals surface area contributed by atoms with Gasteiger partial charge in [0.15, 0.2) is 12.4 Å². The van der Waals surface area contributed by atoms with E-state index in [-0.39, 0.29) is 6.61 Å². The van der Waals surface area contributed by atoms with Crippen molar-refractivity contribution in [2.24, 2.45) is 0 Å². The molecule has 0 saturated carbocycles. The molecular formula is C10H16O7. The van der Waals surface area contributed by atoms with Gasteiger partial charge in [0.05, 0.1) is 6.61 Å². The first-order chi connectivity index (χ1) is 7.99. The molecule has 0 rings (SSSR count). The summed E-state index contributed by atoms with van der Waals surface area (Å²) in [6, 6.07) is 0. The van der Waals surface area contributed by atoms with E-state index in [1.807, 2.05) is 0 Å². The number of esters is 2. The fourth-order valence-corrected chi connectivity index (χ4v) is 0.953. The van der Waals surface area contributed by atoms with E-state index in [1.165, 1.54) is 7.11 Å². The molecule has 0 amide bonds. The van der Waals surface area contributed by atoms with Gasteiger partial charge in [0.2, 0.25) is 0 Å². The lowest BCUT2D eigenvalue weighted by molar-refractivity contribution is -0.156. The highest BCUT2D eigenvalue weighted by molar-refractivity contribution is 5.96. The van der Waals surface area contributed by atoms with Crippen LogP contribution in [0.5, 0.6) is 0 Å². The summed E-state index contributed by atoms with van der Waals surface area (Å²) in [5, 5.41) is 8.32. The van der Waals surface area contributed by atoms with Crippen molar-refractivity contribution in [3.63, 3.8) is 0 Å². The van der Waals surface area contributed by atoms with Crippen molar-refractivity contribution in [1.29, 1.82) is 0 Å². The Kier molecular flexibility index (Phi) is 7.91. The molecule has 7 nitrogen and oxygen atoms in total. The standard InChI is InChI=1S/C10H16O7/c1-7(5-15-2)17-9(13)3-8(12)6-16-10(14)4-11/h7,11H,3-6H2,1-2H3. The SMILES string of the molecule is COCC(C)OC(=O)CC(=O)COC(=O)CO. The second-order valence-electron chi connectivity index (χ2n) is 3.29. The maximum atomic E-state index is 11.2. The topological polar surface area (TPSA) is 99.1 Å². The summed E-state index contributed by atoms with van der Waals surface area (Å²) in [6.45, 7) is 0.507. The summed E-state index contributed by atoms with van der Waals surface area (Å²) in [6.07, 6.45) is -0.924. The van der Waals surface area contributed by atoms with Gasteiger partial charge in [-0.25, -0.2) is 4.79 Å². The lowest BCUT2D eigenvalue weighted by Gasteiger charge is -2.11. The molecule has 0 spiro atoms. The largest absolute Gasteiger partial charge is 0.460 e. The monoisotopic (exact) mass is 248 g/mol. The quantitative estimate of drug-likeness (QED) is 0.437. The number of ether oxygens (including phenoxy) is 3. The van der Waals surface area contributed by atoms with E-state index in [4.69, 9.17) is 14.6 Å². The molecule has 0 aliphatic rings. The van der Waals surface area contributed by atoms with Crippen LogP contribution in [0.4, 0.5) is 0 Å². The Morgan fingerprint density at radius 2 is 1.88 bits per heavy atom. The second kappa shape index (κ2) is 8.66. The van der Waals surface area contributed by atoms with Crippen LogP contribution in [-0.2, 0) is 28.6 Å². The van der Waals surface area contributed by atoms with Crippen LogP contribution in [-0.4, -0.2) is 55.9 Å². The van der Waals surface area contributed by atoms with Crippen LogP contribution in [0.1, 0.15) is 13.3 Å². The number of hydrogen-bond donors (Lipinski definition) is 1. The van der Waals surface area contributed by atoms with Crippen molar-refractivity contribution in [1.82, 2.24) is 0 Å². The molecule has 0 heterocycles. The van der Waals surface area contributed by atoms with Crippen LogP contribution in [0, 0.1) is 0 Å². The molecule has 0 radical (unpaired) electrons. The number of aliphatic hydroxyl groups excluding tert-OH is 1. The third-order valence-electron chi connectivity index (χ3n) is 1.60. The van der Waals surface area contributed by atoms with Gasteiger partial charge >= 0.3 is 11.9 Å². The van der Waals surface area contributed by atoms with E-state index >= 15 is 0 Å². The average Bonchev–Trinajstić information content (AvgIpc) is 2.25. The van der Waals surface area contributed by atoms with Gasteiger partial charge < -0.3 is 19.3 Å². The Morgan fingerprint density at radius 3 is 2.41 bits per heavy atom. The Hall–Kier alpha value is -1.47. The van der Waals surface area contributed by atoms with Crippen LogP contribution in [0.25, 0.3) is 0 Å². The number of ketones is 1. The zero-order valence-corrected chi connectivity index (χ0v) is 9.80. The molecule has 0 aliphatic carbocycles. The van der Waals surface area contributed by atoms with Gasteiger partial charge in [-0.15, -0.1) is 0 Å². The first-order valence-corrected chi connectivity index (χ1v) is 4.96. The van der Waals surface area contributed by atoms with Gasteiger partial charge in [0, 0.05) is 7.11 Å². The average molecular weight is 248 g/mol. The van der Waals surface area contributed by atoms with E-state index in [0.717, 1.165) is 0 Å². The summed E-state index contributed by atoms with van der Waals surface area (Å²) in [4.78, 5) is 32.8. The van der Waals surface area contributed by atoms with Crippen LogP contribution < -0.4 is 0 Å². The van der Waals surface area contributed by atoms with E-state index in [2.05, 4.69) is 4.74 Å². The number of carbonyl (C=O) groups is 3. The van der Waals surface area contributed by atoms with E-state index in [9.17, 15) is 14.4 Å². The second-order valence-corrected chi connectivity index (χ2v) is 3.29. The lowest BCUT2D eigenvalue weighted by Crippen LogP contribution is -2.24. The highest BCUT2D eigenvalue weighted by atomic mass is 16.6.